The first-order valence-corrected chi connectivity index (χ1v) is 9.02. The minimum absolute atomic E-state index is 0.140. The van der Waals surface area contributed by atoms with Crippen LogP contribution in [-0.4, -0.2) is 24.8 Å². The van der Waals surface area contributed by atoms with Crippen molar-refractivity contribution in [3.8, 4) is 0 Å². The van der Waals surface area contributed by atoms with Crippen molar-refractivity contribution < 1.29 is 8.42 Å². The highest BCUT2D eigenvalue weighted by atomic mass is 79.9. The molecule has 1 atom stereocenters. The van der Waals surface area contributed by atoms with Crippen LogP contribution in [0.25, 0.3) is 0 Å². The van der Waals surface area contributed by atoms with Crippen molar-refractivity contribution in [1.82, 2.24) is 4.31 Å². The van der Waals surface area contributed by atoms with E-state index in [4.69, 9.17) is 0 Å². The van der Waals surface area contributed by atoms with Crippen molar-refractivity contribution in [2.75, 3.05) is 0 Å². The van der Waals surface area contributed by atoms with E-state index in [-0.39, 0.29) is 12.1 Å². The van der Waals surface area contributed by atoms with Gasteiger partial charge in [0.05, 0.1) is 4.90 Å². The van der Waals surface area contributed by atoms with Crippen LogP contribution in [0.5, 0.6) is 0 Å². The Bertz CT molecular complexity index is 562. The first-order valence-electron chi connectivity index (χ1n) is 6.79. The smallest absolute Gasteiger partial charge is 0.207 e. The standard InChI is InChI=1S/C14H18BrNO2S/c1-10(11-2-3-11)16(13-6-7-13)19(17,18)14-8-4-12(15)5-9-14/h4-5,8-11,13H,2-3,6-7H2,1H3/t10-/m0/s1. The van der Waals surface area contributed by atoms with E-state index in [2.05, 4.69) is 22.9 Å². The Hall–Kier alpha value is -0.390. The molecule has 2 saturated carbocycles. The average Bonchev–Trinajstić information content (AvgIpc) is 3.23. The first kappa shape index (κ1) is 13.6. The van der Waals surface area contributed by atoms with Gasteiger partial charge in [-0.25, -0.2) is 8.42 Å². The highest BCUT2D eigenvalue weighted by Gasteiger charge is 2.45. The SMILES string of the molecule is C[C@@H](C1CC1)N(C1CC1)S(=O)(=O)c1ccc(Br)cc1. The summed E-state index contributed by atoms with van der Waals surface area (Å²) in [5.74, 6) is 0.561. The molecule has 5 heteroatoms. The molecule has 0 radical (unpaired) electrons. The number of nitrogens with zero attached hydrogens (tertiary/aromatic N) is 1. The van der Waals surface area contributed by atoms with E-state index < -0.39 is 10.0 Å². The van der Waals surface area contributed by atoms with E-state index in [0.29, 0.717) is 10.8 Å². The van der Waals surface area contributed by atoms with Crippen LogP contribution in [-0.2, 0) is 10.0 Å². The quantitative estimate of drug-likeness (QED) is 0.821. The Balaban J connectivity index is 1.93. The van der Waals surface area contributed by atoms with E-state index in [0.717, 1.165) is 17.3 Å². The molecule has 0 aromatic heterocycles. The molecule has 0 bridgehead atoms. The molecule has 2 aliphatic carbocycles. The van der Waals surface area contributed by atoms with Gasteiger partial charge in [-0.15, -0.1) is 0 Å². The number of hydrogen-bond acceptors (Lipinski definition) is 2. The molecule has 3 nitrogen and oxygen atoms in total. The number of rotatable bonds is 5. The second-order valence-electron chi connectivity index (χ2n) is 5.60. The lowest BCUT2D eigenvalue weighted by atomic mass is 10.2. The van der Waals surface area contributed by atoms with E-state index in [9.17, 15) is 8.42 Å². The molecule has 1 aromatic carbocycles. The minimum atomic E-state index is -3.35. The van der Waals surface area contributed by atoms with Crippen molar-refractivity contribution in [1.29, 1.82) is 0 Å². The molecule has 3 rings (SSSR count). The van der Waals surface area contributed by atoms with Gasteiger partial charge in [0.25, 0.3) is 0 Å². The molecular weight excluding hydrogens is 326 g/mol. The zero-order valence-corrected chi connectivity index (χ0v) is 13.3. The van der Waals surface area contributed by atoms with E-state index >= 15 is 0 Å². The van der Waals surface area contributed by atoms with Crippen molar-refractivity contribution in [3.63, 3.8) is 0 Å². The van der Waals surface area contributed by atoms with Gasteiger partial charge < -0.3 is 0 Å². The Morgan fingerprint density at radius 2 is 1.74 bits per heavy atom. The van der Waals surface area contributed by atoms with Crippen LogP contribution >= 0.6 is 15.9 Å². The largest absolute Gasteiger partial charge is 0.243 e. The topological polar surface area (TPSA) is 37.4 Å². The van der Waals surface area contributed by atoms with Gasteiger partial charge in [0.15, 0.2) is 0 Å². The third-order valence-electron chi connectivity index (χ3n) is 4.00. The Morgan fingerprint density at radius 1 is 1.16 bits per heavy atom. The lowest BCUT2D eigenvalue weighted by Gasteiger charge is -2.28. The molecule has 1 aromatic rings. The molecule has 104 valence electrons. The summed E-state index contributed by atoms with van der Waals surface area (Å²) >= 11 is 3.34. The molecule has 0 unspecified atom stereocenters. The zero-order valence-electron chi connectivity index (χ0n) is 10.9. The zero-order chi connectivity index (χ0) is 13.6. The Labute approximate surface area is 123 Å². The number of sulfonamides is 1. The van der Waals surface area contributed by atoms with Crippen LogP contribution in [0.3, 0.4) is 0 Å². The molecule has 0 amide bonds. The summed E-state index contributed by atoms with van der Waals surface area (Å²) in [6.45, 7) is 2.06. The van der Waals surface area contributed by atoms with Gasteiger partial charge in [-0.1, -0.05) is 15.9 Å². The fourth-order valence-electron chi connectivity index (χ4n) is 2.59. The summed E-state index contributed by atoms with van der Waals surface area (Å²) in [4.78, 5) is 0.412. The summed E-state index contributed by atoms with van der Waals surface area (Å²) < 4.78 is 28.3. The van der Waals surface area contributed by atoms with Gasteiger partial charge in [-0.2, -0.15) is 4.31 Å². The van der Waals surface area contributed by atoms with Gasteiger partial charge in [0, 0.05) is 16.6 Å². The third kappa shape index (κ3) is 2.73. The normalized spacial score (nSPS) is 21.6. The number of halogens is 1. The van der Waals surface area contributed by atoms with E-state index in [1.165, 1.54) is 12.8 Å². The molecule has 2 aliphatic rings. The predicted octanol–water partition coefficient (Wildman–Crippen LogP) is 3.40. The molecule has 19 heavy (non-hydrogen) atoms. The predicted molar refractivity (Wildman–Crippen MR) is 78.4 cm³/mol. The van der Waals surface area contributed by atoms with Crippen LogP contribution in [0.15, 0.2) is 33.6 Å². The lowest BCUT2D eigenvalue weighted by Crippen LogP contribution is -2.41. The molecule has 0 aliphatic heterocycles. The first-order chi connectivity index (χ1) is 9.00. The third-order valence-corrected chi connectivity index (χ3v) is 6.58. The second-order valence-corrected chi connectivity index (χ2v) is 8.36. The van der Waals surface area contributed by atoms with Crippen LogP contribution in [0.2, 0.25) is 0 Å². The van der Waals surface area contributed by atoms with Crippen LogP contribution < -0.4 is 0 Å². The maximum atomic E-state index is 12.8. The Kier molecular flexibility index (Phi) is 3.48. The number of hydrogen-bond donors (Lipinski definition) is 0. The van der Waals surface area contributed by atoms with E-state index in [1.54, 1.807) is 28.6 Å². The second kappa shape index (κ2) is 4.86. The monoisotopic (exact) mass is 343 g/mol. The molecule has 0 spiro atoms. The lowest BCUT2D eigenvalue weighted by molar-refractivity contribution is 0.301. The highest BCUT2D eigenvalue weighted by molar-refractivity contribution is 9.10. The average molecular weight is 344 g/mol. The van der Waals surface area contributed by atoms with Crippen molar-refractivity contribution in [2.45, 2.75) is 49.6 Å². The van der Waals surface area contributed by atoms with Crippen LogP contribution in [0, 0.1) is 5.92 Å². The molecule has 0 heterocycles. The highest BCUT2D eigenvalue weighted by Crippen LogP contribution is 2.42. The molecule has 0 saturated heterocycles. The van der Waals surface area contributed by atoms with Gasteiger partial charge in [0.2, 0.25) is 10.0 Å². The molecule has 0 N–H and O–H groups in total. The van der Waals surface area contributed by atoms with Crippen LogP contribution in [0.4, 0.5) is 0 Å². The summed E-state index contributed by atoms with van der Waals surface area (Å²) in [5, 5.41) is 0. The molecule has 2 fully saturated rings. The summed E-state index contributed by atoms with van der Waals surface area (Å²) in [5.41, 5.74) is 0. The van der Waals surface area contributed by atoms with Gasteiger partial charge in [-0.3, -0.25) is 0 Å². The Morgan fingerprint density at radius 3 is 2.21 bits per heavy atom. The maximum Gasteiger partial charge on any atom is 0.243 e. The van der Waals surface area contributed by atoms with Gasteiger partial charge in [-0.05, 0) is 62.8 Å². The summed E-state index contributed by atoms with van der Waals surface area (Å²) in [7, 11) is -3.35. The van der Waals surface area contributed by atoms with E-state index in [1.807, 2.05) is 0 Å². The van der Waals surface area contributed by atoms with Crippen molar-refractivity contribution in [2.24, 2.45) is 5.92 Å². The summed E-state index contributed by atoms with van der Waals surface area (Å²) in [6, 6.07) is 7.33. The fourth-order valence-corrected chi connectivity index (χ4v) is 4.79. The molecular formula is C14H18BrNO2S. The maximum absolute atomic E-state index is 12.8. The van der Waals surface area contributed by atoms with Crippen LogP contribution in [0.1, 0.15) is 32.6 Å². The number of benzene rings is 1. The summed E-state index contributed by atoms with van der Waals surface area (Å²) in [6.07, 6.45) is 4.35. The van der Waals surface area contributed by atoms with Gasteiger partial charge >= 0.3 is 0 Å². The fraction of sp³-hybridized carbons (Fsp3) is 0.571. The van der Waals surface area contributed by atoms with Gasteiger partial charge in [0.1, 0.15) is 0 Å². The minimum Gasteiger partial charge on any atom is -0.207 e. The van der Waals surface area contributed by atoms with Crippen molar-refractivity contribution >= 4 is 26.0 Å². The van der Waals surface area contributed by atoms with Crippen molar-refractivity contribution in [3.05, 3.63) is 28.7 Å².